The molecule has 5 heteroatoms. The first-order valence-corrected chi connectivity index (χ1v) is 5.84. The van der Waals surface area contributed by atoms with Gasteiger partial charge in [0.1, 0.15) is 0 Å². The second kappa shape index (κ2) is 11.8. The van der Waals surface area contributed by atoms with Crippen LogP contribution in [0.4, 0.5) is 0 Å². The van der Waals surface area contributed by atoms with E-state index in [9.17, 15) is 0 Å². The Balaban J connectivity index is 0. The van der Waals surface area contributed by atoms with Gasteiger partial charge in [0, 0.05) is 26.2 Å². The average Bonchev–Trinajstić information content (AvgIpc) is 2.25. The number of aryl methyl sites for hydroxylation is 1. The molecule has 1 atom stereocenters. The van der Waals surface area contributed by atoms with Gasteiger partial charge in [0.15, 0.2) is 0 Å². The predicted octanol–water partition coefficient (Wildman–Crippen LogP) is 1.90. The van der Waals surface area contributed by atoms with E-state index >= 15 is 0 Å². The molecule has 1 aromatic rings. The molecule has 1 rings (SSSR count). The summed E-state index contributed by atoms with van der Waals surface area (Å²) in [7, 11) is 0. The molecule has 0 spiro atoms. The highest BCUT2D eigenvalue weighted by Gasteiger charge is 1.96. The van der Waals surface area contributed by atoms with Gasteiger partial charge in [0.2, 0.25) is 0 Å². The van der Waals surface area contributed by atoms with Crippen LogP contribution in [0.1, 0.15) is 18.1 Å². The van der Waals surface area contributed by atoms with Gasteiger partial charge >= 0.3 is 0 Å². The maximum atomic E-state index is 9.04. The van der Waals surface area contributed by atoms with E-state index in [-0.39, 0.29) is 30.9 Å². The van der Waals surface area contributed by atoms with E-state index < -0.39 is 0 Å². The number of benzene rings is 1. The van der Waals surface area contributed by atoms with Crippen molar-refractivity contribution in [2.24, 2.45) is 0 Å². The average molecular weight is 295 g/mol. The summed E-state index contributed by atoms with van der Waals surface area (Å²) in [6.45, 7) is 7.28. The Morgan fingerprint density at radius 1 is 1.11 bits per heavy atom. The number of aliphatic hydroxyl groups excluding tert-OH is 1. The Labute approximate surface area is 122 Å². The molecule has 0 saturated carbocycles. The quantitative estimate of drug-likeness (QED) is 0.673. The number of rotatable bonds is 7. The fourth-order valence-electron chi connectivity index (χ4n) is 1.52. The molecule has 0 aromatic heterocycles. The van der Waals surface area contributed by atoms with E-state index in [2.05, 4.69) is 41.8 Å². The Morgan fingerprint density at radius 3 is 2.33 bits per heavy atom. The Kier molecular flexibility index (Phi) is 13.1. The fourth-order valence-corrected chi connectivity index (χ4v) is 1.52. The number of hydrogen-bond donors (Lipinski definition) is 3. The van der Waals surface area contributed by atoms with Crippen molar-refractivity contribution in [2.75, 3.05) is 19.6 Å². The monoisotopic (exact) mass is 294 g/mol. The van der Waals surface area contributed by atoms with Crippen LogP contribution in [0.3, 0.4) is 0 Å². The van der Waals surface area contributed by atoms with Crippen LogP contribution < -0.4 is 10.6 Å². The standard InChI is InChI=1S/C13H22N2O.2ClH/c1-11-5-3-4-6-13(11)10-15-8-7-14-9-12(2)16;;/h3-6,12,14-16H,7-10H2,1-2H3;2*1H. The van der Waals surface area contributed by atoms with Crippen molar-refractivity contribution in [1.82, 2.24) is 10.6 Å². The summed E-state index contributed by atoms with van der Waals surface area (Å²) in [5.74, 6) is 0. The lowest BCUT2D eigenvalue weighted by atomic mass is 10.1. The SMILES string of the molecule is Cc1ccccc1CNCCNCC(C)O.Cl.Cl. The van der Waals surface area contributed by atoms with Gasteiger partial charge in [0.25, 0.3) is 0 Å². The van der Waals surface area contributed by atoms with Crippen LogP contribution in [-0.2, 0) is 6.54 Å². The zero-order chi connectivity index (χ0) is 11.8. The highest BCUT2D eigenvalue weighted by molar-refractivity contribution is 5.85. The molecule has 0 radical (unpaired) electrons. The third-order valence-corrected chi connectivity index (χ3v) is 2.50. The third-order valence-electron chi connectivity index (χ3n) is 2.50. The van der Waals surface area contributed by atoms with Gasteiger partial charge < -0.3 is 15.7 Å². The predicted molar refractivity (Wildman–Crippen MR) is 81.9 cm³/mol. The molecule has 0 aliphatic rings. The van der Waals surface area contributed by atoms with Crippen LogP contribution >= 0.6 is 24.8 Å². The van der Waals surface area contributed by atoms with E-state index in [0.29, 0.717) is 6.54 Å². The van der Waals surface area contributed by atoms with Gasteiger partial charge in [-0.05, 0) is 25.0 Å². The molecule has 0 amide bonds. The second-order valence-electron chi connectivity index (χ2n) is 4.16. The Hall–Kier alpha value is -0.320. The first-order chi connectivity index (χ1) is 7.70. The first kappa shape index (κ1) is 20.0. The molecule has 0 bridgehead atoms. The number of hydrogen-bond acceptors (Lipinski definition) is 3. The number of nitrogens with one attached hydrogen (secondary N) is 2. The maximum Gasteiger partial charge on any atom is 0.0636 e. The molecule has 106 valence electrons. The second-order valence-corrected chi connectivity index (χ2v) is 4.16. The summed E-state index contributed by atoms with van der Waals surface area (Å²) in [6, 6.07) is 8.40. The van der Waals surface area contributed by atoms with Crippen molar-refractivity contribution in [3.63, 3.8) is 0 Å². The summed E-state index contributed by atoms with van der Waals surface area (Å²) < 4.78 is 0. The van der Waals surface area contributed by atoms with Crippen molar-refractivity contribution >= 4 is 24.8 Å². The summed E-state index contributed by atoms with van der Waals surface area (Å²) in [4.78, 5) is 0. The molecule has 1 unspecified atom stereocenters. The third kappa shape index (κ3) is 8.72. The molecule has 3 nitrogen and oxygen atoms in total. The van der Waals surface area contributed by atoms with Crippen molar-refractivity contribution < 1.29 is 5.11 Å². The van der Waals surface area contributed by atoms with E-state index in [4.69, 9.17) is 5.11 Å². The van der Waals surface area contributed by atoms with Crippen LogP contribution in [0.5, 0.6) is 0 Å². The van der Waals surface area contributed by atoms with Crippen LogP contribution in [0.2, 0.25) is 0 Å². The molecule has 0 heterocycles. The minimum atomic E-state index is -0.267. The molecule has 0 aliphatic heterocycles. The van der Waals surface area contributed by atoms with Gasteiger partial charge in [-0.15, -0.1) is 24.8 Å². The fraction of sp³-hybridized carbons (Fsp3) is 0.538. The minimum absolute atomic E-state index is 0. The zero-order valence-corrected chi connectivity index (χ0v) is 12.6. The summed E-state index contributed by atoms with van der Waals surface area (Å²) in [5.41, 5.74) is 2.67. The molecule has 0 saturated heterocycles. The van der Waals surface area contributed by atoms with Crippen LogP contribution in [0, 0.1) is 6.92 Å². The molecule has 18 heavy (non-hydrogen) atoms. The highest BCUT2D eigenvalue weighted by atomic mass is 35.5. The largest absolute Gasteiger partial charge is 0.392 e. The van der Waals surface area contributed by atoms with E-state index in [1.165, 1.54) is 11.1 Å². The van der Waals surface area contributed by atoms with Crippen molar-refractivity contribution in [3.05, 3.63) is 35.4 Å². The van der Waals surface area contributed by atoms with Crippen molar-refractivity contribution in [2.45, 2.75) is 26.5 Å². The highest BCUT2D eigenvalue weighted by Crippen LogP contribution is 2.05. The van der Waals surface area contributed by atoms with E-state index in [0.717, 1.165) is 19.6 Å². The molecule has 0 fully saturated rings. The summed E-state index contributed by atoms with van der Waals surface area (Å²) in [6.07, 6.45) is -0.267. The number of halogens is 2. The molecular weight excluding hydrogens is 271 g/mol. The van der Waals surface area contributed by atoms with Gasteiger partial charge in [-0.25, -0.2) is 0 Å². The molecule has 3 N–H and O–H groups in total. The maximum absolute atomic E-state index is 9.04. The van der Waals surface area contributed by atoms with Crippen LogP contribution in [0.15, 0.2) is 24.3 Å². The summed E-state index contributed by atoms with van der Waals surface area (Å²) >= 11 is 0. The molecule has 1 aromatic carbocycles. The van der Waals surface area contributed by atoms with Gasteiger partial charge in [-0.2, -0.15) is 0 Å². The lowest BCUT2D eigenvalue weighted by Gasteiger charge is -2.09. The number of aliphatic hydroxyl groups is 1. The van der Waals surface area contributed by atoms with E-state index in [1.807, 2.05) is 0 Å². The zero-order valence-electron chi connectivity index (χ0n) is 11.0. The smallest absolute Gasteiger partial charge is 0.0636 e. The summed E-state index contributed by atoms with van der Waals surface area (Å²) in [5, 5.41) is 15.6. The van der Waals surface area contributed by atoms with Crippen LogP contribution in [-0.4, -0.2) is 30.8 Å². The lowest BCUT2D eigenvalue weighted by molar-refractivity contribution is 0.191. The lowest BCUT2D eigenvalue weighted by Crippen LogP contribution is -2.31. The normalized spacial score (nSPS) is 11.3. The van der Waals surface area contributed by atoms with Gasteiger partial charge in [-0.1, -0.05) is 24.3 Å². The van der Waals surface area contributed by atoms with Gasteiger partial charge in [0.05, 0.1) is 6.10 Å². The van der Waals surface area contributed by atoms with Gasteiger partial charge in [-0.3, -0.25) is 0 Å². The molecule has 0 aliphatic carbocycles. The van der Waals surface area contributed by atoms with Crippen molar-refractivity contribution in [1.29, 1.82) is 0 Å². The topological polar surface area (TPSA) is 44.3 Å². The molecular formula is C13H24Cl2N2O. The Morgan fingerprint density at radius 2 is 1.72 bits per heavy atom. The van der Waals surface area contributed by atoms with Crippen LogP contribution in [0.25, 0.3) is 0 Å². The van der Waals surface area contributed by atoms with Crippen molar-refractivity contribution in [3.8, 4) is 0 Å². The van der Waals surface area contributed by atoms with E-state index in [1.54, 1.807) is 6.92 Å². The first-order valence-electron chi connectivity index (χ1n) is 5.84. The minimum Gasteiger partial charge on any atom is -0.392 e. The Bertz CT molecular complexity index is 309.